The molecule has 6 heteroatoms. The van der Waals surface area contributed by atoms with Crippen LogP contribution in [0.4, 0.5) is 0 Å². The third-order valence-corrected chi connectivity index (χ3v) is 11.1. The average Bonchev–Trinajstić information content (AvgIpc) is 3.17. The minimum absolute atomic E-state index is 0.0343. The highest BCUT2D eigenvalue weighted by Crippen LogP contribution is 2.16. The number of nitrogens with one attached hydrogen (secondary N) is 1. The van der Waals surface area contributed by atoms with Crippen LogP contribution in [-0.2, 0) is 14.3 Å². The smallest absolute Gasteiger partial charge is 0.305 e. The van der Waals surface area contributed by atoms with E-state index in [2.05, 4.69) is 31.3 Å². The van der Waals surface area contributed by atoms with Crippen LogP contribution < -0.4 is 5.32 Å². The Balaban J connectivity index is 3.52. The molecule has 0 radical (unpaired) electrons. The molecule has 0 aliphatic rings. The monoisotopic (exact) mass is 764 g/mol. The second kappa shape index (κ2) is 44.3. The molecule has 54 heavy (non-hydrogen) atoms. The summed E-state index contributed by atoms with van der Waals surface area (Å²) in [6.07, 6.45) is 48.9. The predicted octanol–water partition coefficient (Wildman–Crippen LogP) is 13.8. The summed E-state index contributed by atoms with van der Waals surface area (Å²) in [6.45, 7) is 4.86. The number of amides is 1. The van der Waals surface area contributed by atoms with E-state index >= 15 is 0 Å². The SMILES string of the molecule is CCCCCCCCCCCCCCCCC(=O)OCCCC/C=C\CCCCCCC(=O)NC(CO)C(O)CCCCCCCCCCCCCCC. The molecule has 0 saturated carbocycles. The summed E-state index contributed by atoms with van der Waals surface area (Å²) in [4.78, 5) is 24.4. The standard InChI is InChI=1S/C48H93NO5/c1-3-5-7-9-11-13-15-17-19-21-26-30-34-38-42-48(53)54-43-39-35-31-27-23-22-25-29-33-37-41-47(52)49-45(44-50)46(51)40-36-32-28-24-20-18-16-14-12-10-8-6-4-2/h23,27,45-46,50-51H,3-22,24-26,28-44H2,1-2H3,(H,49,52)/b27-23-. The minimum Gasteiger partial charge on any atom is -0.466 e. The molecule has 0 bridgehead atoms. The lowest BCUT2D eigenvalue weighted by molar-refractivity contribution is -0.143. The molecule has 0 aromatic carbocycles. The second-order valence-electron chi connectivity index (χ2n) is 16.4. The van der Waals surface area contributed by atoms with Crippen molar-refractivity contribution in [3.8, 4) is 0 Å². The van der Waals surface area contributed by atoms with Gasteiger partial charge in [-0.05, 0) is 51.4 Å². The average molecular weight is 764 g/mol. The Labute approximate surface area is 336 Å². The van der Waals surface area contributed by atoms with Crippen molar-refractivity contribution in [2.75, 3.05) is 13.2 Å². The molecule has 6 nitrogen and oxygen atoms in total. The number of hydrogen-bond acceptors (Lipinski definition) is 5. The highest BCUT2D eigenvalue weighted by Gasteiger charge is 2.20. The van der Waals surface area contributed by atoms with E-state index in [1.165, 1.54) is 148 Å². The van der Waals surface area contributed by atoms with Crippen LogP contribution in [0, 0.1) is 0 Å². The molecule has 0 aromatic heterocycles. The van der Waals surface area contributed by atoms with Crippen LogP contribution in [0.5, 0.6) is 0 Å². The first-order valence-corrected chi connectivity index (χ1v) is 23.9. The van der Waals surface area contributed by atoms with Crippen LogP contribution >= 0.6 is 0 Å². The van der Waals surface area contributed by atoms with Crippen molar-refractivity contribution in [2.24, 2.45) is 0 Å². The molecule has 0 saturated heterocycles. The Morgan fingerprint density at radius 3 is 1.31 bits per heavy atom. The van der Waals surface area contributed by atoms with Gasteiger partial charge >= 0.3 is 5.97 Å². The molecular weight excluding hydrogens is 671 g/mol. The van der Waals surface area contributed by atoms with Gasteiger partial charge in [0, 0.05) is 12.8 Å². The summed E-state index contributed by atoms with van der Waals surface area (Å²) in [5.41, 5.74) is 0. The zero-order chi connectivity index (χ0) is 39.4. The van der Waals surface area contributed by atoms with Gasteiger partial charge in [0.05, 0.1) is 25.4 Å². The number of carbonyl (C=O) groups excluding carboxylic acids is 2. The first kappa shape index (κ1) is 52.6. The lowest BCUT2D eigenvalue weighted by Crippen LogP contribution is -2.45. The summed E-state index contributed by atoms with van der Waals surface area (Å²) in [5, 5.41) is 23.1. The van der Waals surface area contributed by atoms with Gasteiger partial charge in [-0.1, -0.05) is 206 Å². The molecular formula is C48H93NO5. The quantitative estimate of drug-likeness (QED) is 0.0326. The minimum atomic E-state index is -0.683. The van der Waals surface area contributed by atoms with Crippen LogP contribution in [0.25, 0.3) is 0 Å². The fourth-order valence-corrected chi connectivity index (χ4v) is 7.34. The molecule has 3 N–H and O–H groups in total. The number of rotatable bonds is 44. The van der Waals surface area contributed by atoms with Gasteiger partial charge in [0.1, 0.15) is 0 Å². The van der Waals surface area contributed by atoms with Gasteiger partial charge in [0.2, 0.25) is 5.91 Å². The molecule has 0 spiro atoms. The van der Waals surface area contributed by atoms with E-state index in [0.29, 0.717) is 25.9 Å². The lowest BCUT2D eigenvalue weighted by atomic mass is 10.0. The van der Waals surface area contributed by atoms with Gasteiger partial charge in [-0.25, -0.2) is 0 Å². The molecule has 2 unspecified atom stereocenters. The van der Waals surface area contributed by atoms with Gasteiger partial charge in [-0.2, -0.15) is 0 Å². The van der Waals surface area contributed by atoms with Crippen molar-refractivity contribution in [1.29, 1.82) is 0 Å². The number of esters is 1. The Morgan fingerprint density at radius 2 is 0.870 bits per heavy atom. The van der Waals surface area contributed by atoms with Gasteiger partial charge in [0.25, 0.3) is 0 Å². The Hall–Kier alpha value is -1.40. The van der Waals surface area contributed by atoms with E-state index in [1.54, 1.807) is 0 Å². The summed E-state index contributed by atoms with van der Waals surface area (Å²) < 4.78 is 5.43. The van der Waals surface area contributed by atoms with Crippen molar-refractivity contribution in [2.45, 2.75) is 270 Å². The summed E-state index contributed by atoms with van der Waals surface area (Å²) in [6, 6.07) is -0.564. The predicted molar refractivity (Wildman–Crippen MR) is 232 cm³/mol. The number of unbranched alkanes of at least 4 members (excludes halogenated alkanes) is 31. The second-order valence-corrected chi connectivity index (χ2v) is 16.4. The van der Waals surface area contributed by atoms with Crippen molar-refractivity contribution in [1.82, 2.24) is 5.32 Å². The maximum absolute atomic E-state index is 12.4. The molecule has 0 aliphatic carbocycles. The third kappa shape index (κ3) is 40.3. The summed E-state index contributed by atoms with van der Waals surface area (Å²) in [7, 11) is 0. The normalized spacial score (nSPS) is 12.7. The molecule has 0 aromatic rings. The molecule has 0 aliphatic heterocycles. The number of carbonyl (C=O) groups is 2. The number of hydrogen-bond donors (Lipinski definition) is 3. The Bertz CT molecular complexity index is 802. The van der Waals surface area contributed by atoms with Gasteiger partial charge < -0.3 is 20.3 Å². The number of aliphatic hydroxyl groups is 2. The zero-order valence-corrected chi connectivity index (χ0v) is 36.2. The van der Waals surface area contributed by atoms with Crippen molar-refractivity contribution < 1.29 is 24.5 Å². The molecule has 2 atom stereocenters. The van der Waals surface area contributed by atoms with Crippen LogP contribution in [0.1, 0.15) is 258 Å². The molecule has 0 heterocycles. The van der Waals surface area contributed by atoms with Crippen LogP contribution in [-0.4, -0.2) is 47.4 Å². The molecule has 0 fully saturated rings. The first-order valence-electron chi connectivity index (χ1n) is 23.9. The van der Waals surface area contributed by atoms with E-state index in [1.807, 2.05) is 0 Å². The van der Waals surface area contributed by atoms with Crippen molar-refractivity contribution in [3.63, 3.8) is 0 Å². The van der Waals surface area contributed by atoms with E-state index in [0.717, 1.165) is 77.0 Å². The third-order valence-electron chi connectivity index (χ3n) is 11.1. The van der Waals surface area contributed by atoms with E-state index < -0.39 is 12.1 Å². The van der Waals surface area contributed by atoms with E-state index in [-0.39, 0.29) is 18.5 Å². The fourth-order valence-electron chi connectivity index (χ4n) is 7.34. The largest absolute Gasteiger partial charge is 0.466 e. The fraction of sp³-hybridized carbons (Fsp3) is 0.917. The lowest BCUT2D eigenvalue weighted by Gasteiger charge is -2.22. The summed E-state index contributed by atoms with van der Waals surface area (Å²) >= 11 is 0. The number of aliphatic hydroxyl groups excluding tert-OH is 2. The van der Waals surface area contributed by atoms with Crippen LogP contribution in [0.2, 0.25) is 0 Å². The molecule has 320 valence electrons. The highest BCUT2D eigenvalue weighted by atomic mass is 16.5. The van der Waals surface area contributed by atoms with Crippen molar-refractivity contribution >= 4 is 11.9 Å². The van der Waals surface area contributed by atoms with Gasteiger partial charge in [-0.3, -0.25) is 9.59 Å². The number of ether oxygens (including phenoxy) is 1. The topological polar surface area (TPSA) is 95.9 Å². The Kier molecular flexibility index (Phi) is 43.2. The highest BCUT2D eigenvalue weighted by molar-refractivity contribution is 5.76. The molecule has 1 amide bonds. The number of allylic oxidation sites excluding steroid dienone is 2. The van der Waals surface area contributed by atoms with E-state index in [9.17, 15) is 19.8 Å². The maximum Gasteiger partial charge on any atom is 0.305 e. The molecule has 0 rings (SSSR count). The zero-order valence-electron chi connectivity index (χ0n) is 36.2. The Morgan fingerprint density at radius 1 is 0.500 bits per heavy atom. The first-order chi connectivity index (χ1) is 26.5. The van der Waals surface area contributed by atoms with Crippen LogP contribution in [0.15, 0.2) is 12.2 Å². The van der Waals surface area contributed by atoms with Crippen LogP contribution in [0.3, 0.4) is 0 Å². The van der Waals surface area contributed by atoms with E-state index in [4.69, 9.17) is 4.74 Å². The van der Waals surface area contributed by atoms with Crippen molar-refractivity contribution in [3.05, 3.63) is 12.2 Å². The summed E-state index contributed by atoms with van der Waals surface area (Å²) in [5.74, 6) is -0.105. The maximum atomic E-state index is 12.4. The van der Waals surface area contributed by atoms with Gasteiger partial charge in [0.15, 0.2) is 0 Å². The van der Waals surface area contributed by atoms with Gasteiger partial charge in [-0.15, -0.1) is 0 Å².